The first-order valence-corrected chi connectivity index (χ1v) is 9.14. The van der Waals surface area contributed by atoms with Gasteiger partial charge in [-0.15, -0.1) is 0 Å². The molecule has 3 rings (SSSR count). The molecule has 0 radical (unpaired) electrons. The monoisotopic (exact) mass is 380 g/mol. The van der Waals surface area contributed by atoms with Gasteiger partial charge in [-0.3, -0.25) is 9.59 Å². The van der Waals surface area contributed by atoms with E-state index in [-0.39, 0.29) is 30.3 Å². The third-order valence-electron chi connectivity index (χ3n) is 4.70. The molecule has 2 aromatic rings. The Morgan fingerprint density at radius 2 is 1.71 bits per heavy atom. The van der Waals surface area contributed by atoms with Gasteiger partial charge in [0, 0.05) is 37.0 Å². The second kappa shape index (κ2) is 8.12. The van der Waals surface area contributed by atoms with Crippen LogP contribution < -0.4 is 20.9 Å². The highest BCUT2D eigenvalue weighted by Gasteiger charge is 2.31. The van der Waals surface area contributed by atoms with E-state index in [0.29, 0.717) is 17.9 Å². The summed E-state index contributed by atoms with van der Waals surface area (Å²) in [6, 6.07) is 12.1. The number of urea groups is 1. The number of rotatable bonds is 4. The minimum Gasteiger partial charge on any atom is -0.333 e. The summed E-state index contributed by atoms with van der Waals surface area (Å²) in [4.78, 5) is 37.5. The fourth-order valence-electron chi connectivity index (χ4n) is 3.18. The lowest BCUT2D eigenvalue weighted by atomic mass is 10.1. The molecule has 1 aliphatic heterocycles. The van der Waals surface area contributed by atoms with Crippen molar-refractivity contribution in [2.45, 2.75) is 33.2 Å². The summed E-state index contributed by atoms with van der Waals surface area (Å²) >= 11 is 0. The Labute approximate surface area is 164 Å². The van der Waals surface area contributed by atoms with E-state index in [2.05, 4.69) is 16.0 Å². The van der Waals surface area contributed by atoms with Crippen LogP contribution in [-0.2, 0) is 9.59 Å². The average molecular weight is 380 g/mol. The number of amides is 4. The van der Waals surface area contributed by atoms with Crippen LogP contribution >= 0.6 is 0 Å². The third-order valence-corrected chi connectivity index (χ3v) is 4.70. The van der Waals surface area contributed by atoms with Crippen LogP contribution in [0.1, 0.15) is 24.5 Å². The van der Waals surface area contributed by atoms with Gasteiger partial charge in [-0.1, -0.05) is 12.1 Å². The molecule has 0 aliphatic carbocycles. The van der Waals surface area contributed by atoms with E-state index in [0.717, 1.165) is 11.3 Å². The zero-order valence-electron chi connectivity index (χ0n) is 16.2. The second-order valence-electron chi connectivity index (χ2n) is 7.03. The van der Waals surface area contributed by atoms with Crippen molar-refractivity contribution in [3.05, 3.63) is 53.6 Å². The Hall–Kier alpha value is -3.35. The smallest absolute Gasteiger partial charge is 0.319 e. The van der Waals surface area contributed by atoms with Crippen LogP contribution in [-0.4, -0.2) is 30.4 Å². The molecule has 1 fully saturated rings. The SMILES string of the molecule is CC(=O)Nc1cccc(NC(=O)N[C@H]2CC(=O)N(c3ccc(C)c(C)c3)C2)c1. The molecule has 1 heterocycles. The van der Waals surface area contributed by atoms with E-state index in [1.54, 1.807) is 29.2 Å². The first-order chi connectivity index (χ1) is 13.3. The number of aryl methyl sites for hydroxylation is 2. The third kappa shape index (κ3) is 4.68. The van der Waals surface area contributed by atoms with Gasteiger partial charge >= 0.3 is 6.03 Å². The molecule has 0 spiro atoms. The Bertz CT molecular complexity index is 926. The minimum atomic E-state index is -0.389. The normalized spacial score (nSPS) is 16.0. The average Bonchev–Trinajstić information content (AvgIpc) is 2.97. The zero-order chi connectivity index (χ0) is 20.3. The Balaban J connectivity index is 1.60. The van der Waals surface area contributed by atoms with Crippen molar-refractivity contribution >= 4 is 34.9 Å². The molecule has 146 valence electrons. The lowest BCUT2D eigenvalue weighted by molar-refractivity contribution is -0.117. The molecule has 0 unspecified atom stereocenters. The lowest BCUT2D eigenvalue weighted by Gasteiger charge is -2.18. The van der Waals surface area contributed by atoms with Crippen LogP contribution in [0.4, 0.5) is 21.9 Å². The van der Waals surface area contributed by atoms with Gasteiger partial charge in [0.2, 0.25) is 11.8 Å². The number of nitrogens with zero attached hydrogens (tertiary/aromatic N) is 1. The van der Waals surface area contributed by atoms with Gasteiger partial charge in [-0.25, -0.2) is 4.79 Å². The molecule has 0 bridgehead atoms. The molecule has 4 amide bonds. The van der Waals surface area contributed by atoms with E-state index < -0.39 is 0 Å². The van der Waals surface area contributed by atoms with Crippen molar-refractivity contribution in [3.63, 3.8) is 0 Å². The fraction of sp³-hybridized carbons (Fsp3) is 0.286. The topological polar surface area (TPSA) is 90.5 Å². The lowest BCUT2D eigenvalue weighted by Crippen LogP contribution is -2.39. The highest BCUT2D eigenvalue weighted by molar-refractivity contribution is 5.98. The van der Waals surface area contributed by atoms with E-state index in [9.17, 15) is 14.4 Å². The first kappa shape index (κ1) is 19.4. The number of hydrogen-bond donors (Lipinski definition) is 3. The highest BCUT2D eigenvalue weighted by Crippen LogP contribution is 2.24. The van der Waals surface area contributed by atoms with E-state index in [1.165, 1.54) is 12.5 Å². The fourth-order valence-corrected chi connectivity index (χ4v) is 3.18. The molecular weight excluding hydrogens is 356 g/mol. The standard InChI is InChI=1S/C21H24N4O3/c1-13-7-8-19(9-14(13)2)25-12-18(11-20(25)27)24-21(28)23-17-6-4-5-16(10-17)22-15(3)26/h4-10,18H,11-12H2,1-3H3,(H,22,26)(H2,23,24,28)/t18-/m0/s1. The van der Waals surface area contributed by atoms with Gasteiger partial charge in [-0.2, -0.15) is 0 Å². The maximum absolute atomic E-state index is 12.4. The van der Waals surface area contributed by atoms with Crippen molar-refractivity contribution in [2.24, 2.45) is 0 Å². The quantitative estimate of drug-likeness (QED) is 0.761. The van der Waals surface area contributed by atoms with Crippen molar-refractivity contribution in [1.82, 2.24) is 5.32 Å². The van der Waals surface area contributed by atoms with Crippen LogP contribution in [0, 0.1) is 13.8 Å². The molecule has 2 aromatic carbocycles. The van der Waals surface area contributed by atoms with E-state index >= 15 is 0 Å². The van der Waals surface area contributed by atoms with Crippen molar-refractivity contribution < 1.29 is 14.4 Å². The largest absolute Gasteiger partial charge is 0.333 e. The van der Waals surface area contributed by atoms with Crippen molar-refractivity contribution in [1.29, 1.82) is 0 Å². The molecule has 0 aromatic heterocycles. The van der Waals surface area contributed by atoms with Gasteiger partial charge < -0.3 is 20.9 Å². The number of anilines is 3. The summed E-state index contributed by atoms with van der Waals surface area (Å²) in [5, 5.41) is 8.25. The summed E-state index contributed by atoms with van der Waals surface area (Å²) < 4.78 is 0. The van der Waals surface area contributed by atoms with Crippen LogP contribution in [0.25, 0.3) is 0 Å². The maximum atomic E-state index is 12.4. The number of benzene rings is 2. The van der Waals surface area contributed by atoms with Crippen molar-refractivity contribution in [2.75, 3.05) is 22.1 Å². The van der Waals surface area contributed by atoms with Gasteiger partial charge in [-0.05, 0) is 55.3 Å². The van der Waals surface area contributed by atoms with Crippen LogP contribution in [0.15, 0.2) is 42.5 Å². The van der Waals surface area contributed by atoms with Gasteiger partial charge in [0.25, 0.3) is 0 Å². The first-order valence-electron chi connectivity index (χ1n) is 9.14. The molecular formula is C21H24N4O3. The molecule has 28 heavy (non-hydrogen) atoms. The molecule has 0 saturated carbocycles. The van der Waals surface area contributed by atoms with Gasteiger partial charge in [0.15, 0.2) is 0 Å². The second-order valence-corrected chi connectivity index (χ2v) is 7.03. The summed E-state index contributed by atoms with van der Waals surface area (Å²) in [7, 11) is 0. The molecule has 1 saturated heterocycles. The predicted molar refractivity (Wildman–Crippen MR) is 110 cm³/mol. The highest BCUT2D eigenvalue weighted by atomic mass is 16.2. The van der Waals surface area contributed by atoms with Crippen LogP contribution in [0.2, 0.25) is 0 Å². The summed E-state index contributed by atoms with van der Waals surface area (Å²) in [5.74, 6) is -0.196. The van der Waals surface area contributed by atoms with E-state index in [1.807, 2.05) is 32.0 Å². The Morgan fingerprint density at radius 3 is 2.39 bits per heavy atom. The number of carbonyl (C=O) groups is 3. The summed E-state index contributed by atoms with van der Waals surface area (Å²) in [5.41, 5.74) is 4.30. The van der Waals surface area contributed by atoms with E-state index in [4.69, 9.17) is 0 Å². The number of hydrogen-bond acceptors (Lipinski definition) is 3. The predicted octanol–water partition coefficient (Wildman–Crippen LogP) is 3.19. The number of nitrogens with one attached hydrogen (secondary N) is 3. The van der Waals surface area contributed by atoms with Crippen LogP contribution in [0.5, 0.6) is 0 Å². The molecule has 7 heteroatoms. The summed E-state index contributed by atoms with van der Waals surface area (Å²) in [6.45, 7) is 5.89. The minimum absolute atomic E-state index is 0.0128. The Morgan fingerprint density at radius 1 is 1.00 bits per heavy atom. The Kier molecular flexibility index (Phi) is 5.63. The molecule has 7 nitrogen and oxygen atoms in total. The molecule has 3 N–H and O–H groups in total. The maximum Gasteiger partial charge on any atom is 0.319 e. The molecule has 1 aliphatic rings. The van der Waals surface area contributed by atoms with Gasteiger partial charge in [0.1, 0.15) is 0 Å². The molecule has 1 atom stereocenters. The van der Waals surface area contributed by atoms with Gasteiger partial charge in [0.05, 0.1) is 6.04 Å². The van der Waals surface area contributed by atoms with Crippen molar-refractivity contribution in [3.8, 4) is 0 Å². The number of carbonyl (C=O) groups excluding carboxylic acids is 3. The van der Waals surface area contributed by atoms with Crippen LogP contribution in [0.3, 0.4) is 0 Å². The summed E-state index contributed by atoms with van der Waals surface area (Å²) in [6.07, 6.45) is 0.256. The zero-order valence-corrected chi connectivity index (χ0v) is 16.2.